The fourth-order valence-corrected chi connectivity index (χ4v) is 6.40. The number of amides is 2. The molecule has 3 aromatic rings. The van der Waals surface area contributed by atoms with E-state index in [0.29, 0.717) is 18.0 Å². The number of nitrogens with zero attached hydrogens (tertiary/aromatic N) is 2. The van der Waals surface area contributed by atoms with E-state index in [1.807, 2.05) is 51.1 Å². The first-order chi connectivity index (χ1) is 19.9. The molecule has 0 aliphatic rings. The van der Waals surface area contributed by atoms with Crippen molar-refractivity contribution in [2.75, 3.05) is 31.6 Å². The molecule has 0 saturated heterocycles. The minimum Gasteiger partial charge on any atom is -0.493 e. The minimum absolute atomic E-state index is 0.0700. The van der Waals surface area contributed by atoms with E-state index in [9.17, 15) is 18.0 Å². The van der Waals surface area contributed by atoms with Crippen LogP contribution in [-0.4, -0.2) is 58.5 Å². The number of nitrogens with one attached hydrogen (secondary N) is 1. The highest BCUT2D eigenvalue weighted by atomic mass is 79.9. The number of benzene rings is 3. The van der Waals surface area contributed by atoms with Crippen LogP contribution in [0.25, 0.3) is 0 Å². The van der Waals surface area contributed by atoms with E-state index in [1.54, 1.807) is 19.1 Å². The van der Waals surface area contributed by atoms with Gasteiger partial charge in [-0.1, -0.05) is 41.1 Å². The third-order valence-electron chi connectivity index (χ3n) is 6.67. The first-order valence-electron chi connectivity index (χ1n) is 13.6. The van der Waals surface area contributed by atoms with Crippen molar-refractivity contribution in [1.82, 2.24) is 10.2 Å². The Labute approximate surface area is 257 Å². The summed E-state index contributed by atoms with van der Waals surface area (Å²) in [5.41, 5.74) is 2.79. The lowest BCUT2D eigenvalue weighted by Gasteiger charge is -2.32. The van der Waals surface area contributed by atoms with E-state index in [1.165, 1.54) is 37.3 Å². The summed E-state index contributed by atoms with van der Waals surface area (Å²) < 4.78 is 40.9. The van der Waals surface area contributed by atoms with Crippen LogP contribution >= 0.6 is 15.9 Å². The third-order valence-corrected chi connectivity index (χ3v) is 8.94. The van der Waals surface area contributed by atoms with Gasteiger partial charge in [0.25, 0.3) is 10.0 Å². The molecule has 0 spiro atoms. The SMILES string of the molecule is CCCNC(=O)[C@H](C)N(Cc1cccc(Br)c1)C(=O)CN(c1cc(C)cc(C)c1)S(=O)(=O)c1ccc(OC)c(OC)c1. The van der Waals surface area contributed by atoms with Gasteiger partial charge in [-0.05, 0) is 80.3 Å². The lowest BCUT2D eigenvalue weighted by Crippen LogP contribution is -2.51. The van der Waals surface area contributed by atoms with Gasteiger partial charge in [0.15, 0.2) is 11.5 Å². The first kappa shape index (κ1) is 32.9. The fraction of sp³-hybridized carbons (Fsp3) is 0.355. The van der Waals surface area contributed by atoms with Crippen LogP contribution < -0.4 is 19.1 Å². The highest BCUT2D eigenvalue weighted by Crippen LogP contribution is 2.33. The van der Waals surface area contributed by atoms with Crippen molar-refractivity contribution in [2.45, 2.75) is 51.6 Å². The average molecular weight is 661 g/mol. The quantitative estimate of drug-likeness (QED) is 0.270. The number of sulfonamides is 1. The monoisotopic (exact) mass is 659 g/mol. The number of carbonyl (C=O) groups is 2. The zero-order valence-corrected chi connectivity index (χ0v) is 27.2. The largest absolute Gasteiger partial charge is 0.493 e. The molecule has 226 valence electrons. The number of hydrogen-bond donors (Lipinski definition) is 1. The number of rotatable bonds is 13. The summed E-state index contributed by atoms with van der Waals surface area (Å²) in [6.45, 7) is 7.35. The Bertz CT molecular complexity index is 1510. The molecule has 9 nitrogen and oxygen atoms in total. The topological polar surface area (TPSA) is 105 Å². The van der Waals surface area contributed by atoms with Crippen molar-refractivity contribution in [2.24, 2.45) is 0 Å². The molecule has 0 radical (unpaired) electrons. The molecule has 0 aliphatic carbocycles. The molecule has 1 N–H and O–H groups in total. The van der Waals surface area contributed by atoms with Gasteiger partial charge in [-0.15, -0.1) is 0 Å². The number of methoxy groups -OCH3 is 2. The summed E-state index contributed by atoms with van der Waals surface area (Å²) in [6.07, 6.45) is 0.738. The van der Waals surface area contributed by atoms with Gasteiger partial charge in [0.2, 0.25) is 11.8 Å². The van der Waals surface area contributed by atoms with Gasteiger partial charge in [0.1, 0.15) is 12.6 Å². The highest BCUT2D eigenvalue weighted by Gasteiger charge is 2.33. The van der Waals surface area contributed by atoms with Crippen LogP contribution in [0, 0.1) is 13.8 Å². The van der Waals surface area contributed by atoms with Crippen molar-refractivity contribution >= 4 is 43.5 Å². The maximum atomic E-state index is 14.2. The number of anilines is 1. The first-order valence-corrected chi connectivity index (χ1v) is 15.8. The molecular weight excluding hydrogens is 622 g/mol. The van der Waals surface area contributed by atoms with Crippen LogP contribution in [0.1, 0.15) is 37.0 Å². The molecule has 3 rings (SSSR count). The molecule has 3 aromatic carbocycles. The predicted molar refractivity (Wildman–Crippen MR) is 167 cm³/mol. The lowest BCUT2D eigenvalue weighted by atomic mass is 10.1. The van der Waals surface area contributed by atoms with E-state index in [0.717, 1.165) is 31.9 Å². The van der Waals surface area contributed by atoms with Crippen LogP contribution in [0.2, 0.25) is 0 Å². The molecule has 0 bridgehead atoms. The smallest absolute Gasteiger partial charge is 0.264 e. The van der Waals surface area contributed by atoms with Gasteiger partial charge in [0.05, 0.1) is 24.8 Å². The molecule has 0 fully saturated rings. The van der Waals surface area contributed by atoms with Gasteiger partial charge in [-0.2, -0.15) is 0 Å². The van der Waals surface area contributed by atoms with Gasteiger partial charge in [0, 0.05) is 23.6 Å². The maximum Gasteiger partial charge on any atom is 0.264 e. The fourth-order valence-electron chi connectivity index (χ4n) is 4.54. The van der Waals surface area contributed by atoms with Gasteiger partial charge >= 0.3 is 0 Å². The molecule has 0 unspecified atom stereocenters. The molecular formula is C31H38BrN3O6S. The summed E-state index contributed by atoms with van der Waals surface area (Å²) in [6, 6.07) is 16.2. The normalized spacial score (nSPS) is 11.9. The lowest BCUT2D eigenvalue weighted by molar-refractivity contribution is -0.139. The summed E-state index contributed by atoms with van der Waals surface area (Å²) in [7, 11) is -1.39. The van der Waals surface area contributed by atoms with E-state index in [-0.39, 0.29) is 23.1 Å². The van der Waals surface area contributed by atoms with E-state index < -0.39 is 28.5 Å². The molecule has 11 heteroatoms. The second-order valence-electron chi connectivity index (χ2n) is 9.99. The number of halogens is 1. The van der Waals surface area contributed by atoms with Gasteiger partial charge in [-0.3, -0.25) is 13.9 Å². The molecule has 0 aliphatic heterocycles. The number of hydrogen-bond acceptors (Lipinski definition) is 6. The van der Waals surface area contributed by atoms with Gasteiger partial charge < -0.3 is 19.7 Å². The summed E-state index contributed by atoms with van der Waals surface area (Å²) in [5, 5.41) is 2.84. The second-order valence-corrected chi connectivity index (χ2v) is 12.8. The highest BCUT2D eigenvalue weighted by molar-refractivity contribution is 9.10. The summed E-state index contributed by atoms with van der Waals surface area (Å²) >= 11 is 3.46. The average Bonchev–Trinajstić information content (AvgIpc) is 2.95. The number of ether oxygens (including phenoxy) is 2. The Balaban J connectivity index is 2.10. The summed E-state index contributed by atoms with van der Waals surface area (Å²) in [4.78, 5) is 28.5. The van der Waals surface area contributed by atoms with Crippen LogP contribution in [0.5, 0.6) is 11.5 Å². The van der Waals surface area contributed by atoms with Crippen LogP contribution in [0.3, 0.4) is 0 Å². The zero-order chi connectivity index (χ0) is 31.0. The zero-order valence-electron chi connectivity index (χ0n) is 24.8. The Morgan fingerprint density at radius 3 is 2.21 bits per heavy atom. The molecule has 0 heterocycles. The standard InChI is InChI=1S/C31H38BrN3O6S/c1-7-13-33-31(37)23(4)34(19-24-9-8-10-25(32)17-24)30(36)20-35(26-15-21(2)14-22(3)16-26)42(38,39)27-11-12-28(40-5)29(18-27)41-6/h8-12,14-18,23H,7,13,19-20H2,1-6H3,(H,33,37)/t23-/m0/s1. The molecule has 42 heavy (non-hydrogen) atoms. The summed E-state index contributed by atoms with van der Waals surface area (Å²) in [5.74, 6) is -0.237. The van der Waals surface area contributed by atoms with E-state index in [2.05, 4.69) is 21.2 Å². The van der Waals surface area contributed by atoms with Crippen LogP contribution in [-0.2, 0) is 26.2 Å². The molecule has 1 atom stereocenters. The maximum absolute atomic E-state index is 14.2. The Kier molecular flexibility index (Phi) is 11.4. The van der Waals surface area contributed by atoms with E-state index >= 15 is 0 Å². The Morgan fingerprint density at radius 1 is 0.952 bits per heavy atom. The Hall–Kier alpha value is -3.57. The van der Waals surface area contributed by atoms with Crippen molar-refractivity contribution in [3.8, 4) is 11.5 Å². The minimum atomic E-state index is -4.27. The second kappa shape index (κ2) is 14.6. The van der Waals surface area contributed by atoms with Crippen molar-refractivity contribution < 1.29 is 27.5 Å². The van der Waals surface area contributed by atoms with Crippen LogP contribution in [0.4, 0.5) is 5.69 Å². The van der Waals surface area contributed by atoms with Gasteiger partial charge in [-0.25, -0.2) is 8.42 Å². The van der Waals surface area contributed by atoms with Crippen molar-refractivity contribution in [3.05, 3.63) is 81.8 Å². The third kappa shape index (κ3) is 8.04. The van der Waals surface area contributed by atoms with Crippen molar-refractivity contribution in [1.29, 1.82) is 0 Å². The Morgan fingerprint density at radius 2 is 1.62 bits per heavy atom. The van der Waals surface area contributed by atoms with Crippen molar-refractivity contribution in [3.63, 3.8) is 0 Å². The predicted octanol–water partition coefficient (Wildman–Crippen LogP) is 5.22. The van der Waals surface area contributed by atoms with E-state index in [4.69, 9.17) is 9.47 Å². The molecule has 0 aromatic heterocycles. The number of aryl methyl sites for hydroxylation is 2. The van der Waals surface area contributed by atoms with Crippen LogP contribution in [0.15, 0.2) is 70.0 Å². The molecule has 0 saturated carbocycles. The number of carbonyl (C=O) groups excluding carboxylic acids is 2. The molecule has 2 amide bonds.